The number of nitrogens with one attached hydrogen (secondary N) is 1. The van der Waals surface area contributed by atoms with E-state index >= 15 is 0 Å². The second-order valence-electron chi connectivity index (χ2n) is 8.04. The molecule has 7 nitrogen and oxygen atoms in total. The average molecular weight is 401 g/mol. The molecular formula is C22H32N4O3. The van der Waals surface area contributed by atoms with Crippen molar-refractivity contribution in [2.45, 2.75) is 39.0 Å². The zero-order valence-electron chi connectivity index (χ0n) is 17.7. The predicted molar refractivity (Wildman–Crippen MR) is 112 cm³/mol. The minimum Gasteiger partial charge on any atom is -0.383 e. The predicted octanol–water partition coefficient (Wildman–Crippen LogP) is 2.88. The summed E-state index contributed by atoms with van der Waals surface area (Å²) in [6.45, 7) is 8.86. The molecule has 7 heteroatoms. The summed E-state index contributed by atoms with van der Waals surface area (Å²) in [5.41, 5.74) is 2.20. The molecule has 1 aromatic carbocycles. The van der Waals surface area contributed by atoms with Gasteiger partial charge in [-0.25, -0.2) is 0 Å². The molecule has 1 amide bonds. The largest absolute Gasteiger partial charge is 0.383 e. The van der Waals surface area contributed by atoms with E-state index in [-0.39, 0.29) is 5.91 Å². The molecule has 1 aliphatic rings. The van der Waals surface area contributed by atoms with Crippen LogP contribution >= 0.6 is 0 Å². The van der Waals surface area contributed by atoms with Crippen molar-refractivity contribution in [2.24, 2.45) is 5.92 Å². The molecule has 1 fully saturated rings. The Morgan fingerprint density at radius 2 is 2.14 bits per heavy atom. The van der Waals surface area contributed by atoms with Gasteiger partial charge in [0.25, 0.3) is 0 Å². The van der Waals surface area contributed by atoms with E-state index in [1.807, 2.05) is 12.1 Å². The Bertz CT molecular complexity index is 773. The molecule has 0 saturated carbocycles. The lowest BCUT2D eigenvalue weighted by Gasteiger charge is -2.15. The second kappa shape index (κ2) is 10.5. The van der Waals surface area contributed by atoms with E-state index in [9.17, 15) is 4.79 Å². The van der Waals surface area contributed by atoms with Gasteiger partial charge in [0, 0.05) is 45.1 Å². The van der Waals surface area contributed by atoms with Crippen LogP contribution in [0, 0.1) is 5.92 Å². The van der Waals surface area contributed by atoms with Gasteiger partial charge in [0.2, 0.25) is 17.6 Å². The van der Waals surface area contributed by atoms with Crippen LogP contribution in [0.4, 0.5) is 0 Å². The van der Waals surface area contributed by atoms with E-state index in [0.29, 0.717) is 36.4 Å². The van der Waals surface area contributed by atoms with Crippen LogP contribution in [0.5, 0.6) is 0 Å². The molecule has 1 aromatic heterocycles. The summed E-state index contributed by atoms with van der Waals surface area (Å²) < 4.78 is 10.4. The molecule has 2 heterocycles. The number of methoxy groups -OCH3 is 1. The van der Waals surface area contributed by atoms with Crippen LogP contribution in [0.15, 0.2) is 28.8 Å². The molecule has 1 atom stereocenters. The van der Waals surface area contributed by atoms with Crippen LogP contribution in [0.2, 0.25) is 0 Å². The Labute approximate surface area is 172 Å². The number of nitrogens with zero attached hydrogens (tertiary/aromatic N) is 3. The Morgan fingerprint density at radius 1 is 1.34 bits per heavy atom. The van der Waals surface area contributed by atoms with Gasteiger partial charge in [-0.3, -0.25) is 4.79 Å². The molecule has 2 aromatic rings. The third-order valence-electron chi connectivity index (χ3n) is 5.44. The van der Waals surface area contributed by atoms with Gasteiger partial charge >= 0.3 is 0 Å². The molecule has 0 aliphatic carbocycles. The Balaban J connectivity index is 1.40. The van der Waals surface area contributed by atoms with Crippen LogP contribution in [-0.4, -0.2) is 60.8 Å². The van der Waals surface area contributed by atoms with E-state index in [4.69, 9.17) is 9.26 Å². The summed E-state index contributed by atoms with van der Waals surface area (Å²) in [6, 6.07) is 8.19. The lowest BCUT2D eigenvalue weighted by molar-refractivity contribution is -0.121. The monoisotopic (exact) mass is 400 g/mol. The highest BCUT2D eigenvalue weighted by atomic mass is 16.5. The molecule has 0 bridgehead atoms. The van der Waals surface area contributed by atoms with Gasteiger partial charge in [-0.05, 0) is 30.4 Å². The third kappa shape index (κ3) is 6.37. The minimum absolute atomic E-state index is 0.0291. The number of benzene rings is 1. The number of aromatic nitrogens is 2. The molecule has 0 spiro atoms. The fourth-order valence-electron chi connectivity index (χ4n) is 3.56. The number of amides is 1. The van der Waals surface area contributed by atoms with Crippen LogP contribution in [0.3, 0.4) is 0 Å². The summed E-state index contributed by atoms with van der Waals surface area (Å²) in [7, 11) is 1.72. The van der Waals surface area contributed by atoms with Crippen molar-refractivity contribution in [3.8, 4) is 11.4 Å². The SMILES string of the molecule is COCCN1CC[C@@H](CNC(=O)CCc2nc(-c3ccc(C(C)C)cc3)no2)C1. The molecule has 1 aliphatic heterocycles. The standard InChI is InChI=1S/C22H32N4O3/c1-16(2)18-4-6-19(7-5-18)22-24-21(29-25-22)9-8-20(27)23-14-17-10-11-26(15-17)12-13-28-3/h4-7,16-17H,8-15H2,1-3H3,(H,23,27)/t17-/m0/s1. The Morgan fingerprint density at radius 3 is 2.86 bits per heavy atom. The summed E-state index contributed by atoms with van der Waals surface area (Å²) in [5.74, 6) is 2.09. The number of carbonyl (C=O) groups is 1. The van der Waals surface area contributed by atoms with E-state index < -0.39 is 0 Å². The topological polar surface area (TPSA) is 80.5 Å². The van der Waals surface area contributed by atoms with Gasteiger partial charge in [0.15, 0.2) is 0 Å². The van der Waals surface area contributed by atoms with E-state index in [1.54, 1.807) is 7.11 Å². The Hall–Kier alpha value is -2.25. The number of hydrogen-bond acceptors (Lipinski definition) is 6. The molecule has 29 heavy (non-hydrogen) atoms. The highest BCUT2D eigenvalue weighted by molar-refractivity contribution is 5.76. The van der Waals surface area contributed by atoms with Crippen molar-refractivity contribution >= 4 is 5.91 Å². The van der Waals surface area contributed by atoms with Gasteiger partial charge in [-0.1, -0.05) is 43.3 Å². The van der Waals surface area contributed by atoms with Crippen molar-refractivity contribution in [1.82, 2.24) is 20.4 Å². The van der Waals surface area contributed by atoms with Gasteiger partial charge in [0.1, 0.15) is 0 Å². The number of likely N-dealkylation sites (tertiary alicyclic amines) is 1. The van der Waals surface area contributed by atoms with Crippen molar-refractivity contribution in [1.29, 1.82) is 0 Å². The van der Waals surface area contributed by atoms with E-state index in [0.717, 1.165) is 44.8 Å². The molecule has 3 rings (SSSR count). The molecule has 158 valence electrons. The second-order valence-corrected chi connectivity index (χ2v) is 8.04. The number of aryl methyl sites for hydroxylation is 1. The first-order valence-corrected chi connectivity index (χ1v) is 10.5. The zero-order chi connectivity index (χ0) is 20.6. The number of rotatable bonds is 10. The van der Waals surface area contributed by atoms with Gasteiger partial charge in [0.05, 0.1) is 6.61 Å². The first-order valence-electron chi connectivity index (χ1n) is 10.5. The smallest absolute Gasteiger partial charge is 0.227 e. The van der Waals surface area contributed by atoms with Gasteiger partial charge < -0.3 is 19.5 Å². The highest BCUT2D eigenvalue weighted by Gasteiger charge is 2.22. The maximum Gasteiger partial charge on any atom is 0.227 e. The lowest BCUT2D eigenvalue weighted by atomic mass is 10.0. The number of hydrogen-bond donors (Lipinski definition) is 1. The summed E-state index contributed by atoms with van der Waals surface area (Å²) >= 11 is 0. The first-order chi connectivity index (χ1) is 14.0. The molecule has 0 unspecified atom stereocenters. The average Bonchev–Trinajstić information content (AvgIpc) is 3.39. The fourth-order valence-corrected chi connectivity index (χ4v) is 3.56. The normalized spacial score (nSPS) is 17.2. The van der Waals surface area contributed by atoms with Crippen molar-refractivity contribution in [2.75, 3.05) is 39.9 Å². The van der Waals surface area contributed by atoms with Gasteiger partial charge in [-0.2, -0.15) is 4.98 Å². The lowest BCUT2D eigenvalue weighted by Crippen LogP contribution is -2.31. The van der Waals surface area contributed by atoms with Crippen LogP contribution in [-0.2, 0) is 16.0 Å². The van der Waals surface area contributed by atoms with Crippen molar-refractivity contribution < 1.29 is 14.1 Å². The number of ether oxygens (including phenoxy) is 1. The van der Waals surface area contributed by atoms with Gasteiger partial charge in [-0.15, -0.1) is 0 Å². The maximum atomic E-state index is 12.2. The molecule has 1 N–H and O–H groups in total. The molecule has 0 radical (unpaired) electrons. The number of carbonyl (C=O) groups excluding carboxylic acids is 1. The van der Waals surface area contributed by atoms with Crippen molar-refractivity contribution in [3.63, 3.8) is 0 Å². The van der Waals surface area contributed by atoms with Crippen molar-refractivity contribution in [3.05, 3.63) is 35.7 Å². The quantitative estimate of drug-likeness (QED) is 0.661. The van der Waals surface area contributed by atoms with Crippen LogP contribution in [0.1, 0.15) is 44.1 Å². The first kappa shape index (κ1) is 21.5. The zero-order valence-corrected chi connectivity index (χ0v) is 17.7. The van der Waals surface area contributed by atoms with Crippen LogP contribution < -0.4 is 5.32 Å². The maximum absolute atomic E-state index is 12.2. The summed E-state index contributed by atoms with van der Waals surface area (Å²) in [5, 5.41) is 7.09. The summed E-state index contributed by atoms with van der Waals surface area (Å²) in [6.07, 6.45) is 1.92. The highest BCUT2D eigenvalue weighted by Crippen LogP contribution is 2.21. The van der Waals surface area contributed by atoms with E-state index in [1.165, 1.54) is 5.56 Å². The third-order valence-corrected chi connectivity index (χ3v) is 5.44. The van der Waals surface area contributed by atoms with E-state index in [2.05, 4.69) is 46.3 Å². The fraction of sp³-hybridized carbons (Fsp3) is 0.591. The Kier molecular flexibility index (Phi) is 7.77. The molecular weight excluding hydrogens is 368 g/mol. The summed E-state index contributed by atoms with van der Waals surface area (Å²) in [4.78, 5) is 19.0. The minimum atomic E-state index is 0.0291. The van der Waals surface area contributed by atoms with Crippen LogP contribution in [0.25, 0.3) is 11.4 Å². The molecule has 1 saturated heterocycles.